The van der Waals surface area contributed by atoms with Crippen molar-refractivity contribution in [2.24, 2.45) is 0 Å². The average molecular weight is 335 g/mol. The molecular weight excluding hydrogens is 318 g/mol. The summed E-state index contributed by atoms with van der Waals surface area (Å²) < 4.78 is 2.11. The second-order valence-electron chi connectivity index (χ2n) is 5.32. The maximum Gasteiger partial charge on any atom is 0.262 e. The molecule has 0 atom stereocenters. The molecule has 1 N–H and O–H groups in total. The molecule has 120 valence electrons. The summed E-state index contributed by atoms with van der Waals surface area (Å²) in [4.78, 5) is 13.3. The van der Waals surface area contributed by atoms with E-state index in [2.05, 4.69) is 16.8 Å². The van der Waals surface area contributed by atoms with Gasteiger partial charge in [0.05, 0.1) is 6.54 Å². The first-order chi connectivity index (χ1) is 11.7. The van der Waals surface area contributed by atoms with E-state index in [1.54, 1.807) is 17.4 Å². The van der Waals surface area contributed by atoms with Crippen LogP contribution in [0.15, 0.2) is 53.5 Å². The quantitative estimate of drug-likeness (QED) is 0.567. The summed E-state index contributed by atoms with van der Waals surface area (Å²) in [5, 5.41) is 15.2. The standard InChI is InChI=1S/C19H17N3OS/c1-2-22-13-15(17-7-3-4-8-18(17)22)10-14(11-20)19(23)21-12-16-6-5-9-24-16/h3-10,13H,2,12H2,1H3,(H,21,23)/b14-10+. The molecule has 0 spiro atoms. The van der Waals surface area contributed by atoms with Crippen LogP contribution in [0.25, 0.3) is 17.0 Å². The highest BCUT2D eigenvalue weighted by Crippen LogP contribution is 2.23. The van der Waals surface area contributed by atoms with Crippen molar-refractivity contribution in [3.05, 3.63) is 64.0 Å². The molecule has 0 radical (unpaired) electrons. The minimum absolute atomic E-state index is 0.116. The van der Waals surface area contributed by atoms with Crippen molar-refractivity contribution in [3.63, 3.8) is 0 Å². The van der Waals surface area contributed by atoms with E-state index in [4.69, 9.17) is 0 Å². The van der Waals surface area contributed by atoms with Crippen LogP contribution in [0.5, 0.6) is 0 Å². The molecule has 0 saturated carbocycles. The second-order valence-corrected chi connectivity index (χ2v) is 6.35. The number of carbonyl (C=O) groups excluding carboxylic acids is 1. The van der Waals surface area contributed by atoms with E-state index in [1.807, 2.05) is 54.0 Å². The van der Waals surface area contributed by atoms with Gasteiger partial charge < -0.3 is 9.88 Å². The Morgan fingerprint density at radius 1 is 1.33 bits per heavy atom. The van der Waals surface area contributed by atoms with Crippen LogP contribution < -0.4 is 5.32 Å². The summed E-state index contributed by atoms with van der Waals surface area (Å²) in [6.07, 6.45) is 3.65. The summed E-state index contributed by atoms with van der Waals surface area (Å²) in [7, 11) is 0. The number of benzene rings is 1. The second kappa shape index (κ2) is 7.16. The zero-order valence-electron chi connectivity index (χ0n) is 13.3. The van der Waals surface area contributed by atoms with E-state index in [1.165, 1.54) is 0 Å². The lowest BCUT2D eigenvalue weighted by Crippen LogP contribution is -2.23. The highest BCUT2D eigenvalue weighted by Gasteiger charge is 2.12. The number of nitrogens with zero attached hydrogens (tertiary/aromatic N) is 2. The van der Waals surface area contributed by atoms with E-state index in [0.29, 0.717) is 6.54 Å². The predicted octanol–water partition coefficient (Wildman–Crippen LogP) is 3.95. The third kappa shape index (κ3) is 3.24. The van der Waals surface area contributed by atoms with Gasteiger partial charge in [-0.3, -0.25) is 4.79 Å². The average Bonchev–Trinajstić information content (AvgIpc) is 3.25. The lowest BCUT2D eigenvalue weighted by atomic mass is 10.1. The zero-order chi connectivity index (χ0) is 16.9. The molecular formula is C19H17N3OS. The summed E-state index contributed by atoms with van der Waals surface area (Å²) in [5.41, 5.74) is 2.10. The largest absolute Gasteiger partial charge is 0.347 e. The van der Waals surface area contributed by atoms with E-state index in [9.17, 15) is 10.1 Å². The van der Waals surface area contributed by atoms with E-state index < -0.39 is 0 Å². The molecule has 3 aromatic rings. The maximum absolute atomic E-state index is 12.3. The van der Waals surface area contributed by atoms with E-state index in [0.717, 1.165) is 27.9 Å². The Bertz CT molecular complexity index is 929. The van der Waals surface area contributed by atoms with Crippen molar-refractivity contribution in [1.29, 1.82) is 5.26 Å². The molecule has 2 heterocycles. The Morgan fingerprint density at radius 2 is 2.17 bits per heavy atom. The van der Waals surface area contributed by atoms with Gasteiger partial charge in [0.2, 0.25) is 0 Å². The fourth-order valence-electron chi connectivity index (χ4n) is 2.63. The molecule has 0 aliphatic heterocycles. The van der Waals surface area contributed by atoms with Gasteiger partial charge in [0, 0.05) is 34.1 Å². The molecule has 2 aromatic heterocycles. The molecule has 1 aromatic carbocycles. The summed E-state index contributed by atoms with van der Waals surface area (Å²) in [5.74, 6) is -0.348. The van der Waals surface area contributed by atoms with Crippen LogP contribution in [-0.2, 0) is 17.9 Å². The SMILES string of the molecule is CCn1cc(/C=C(\C#N)C(=O)NCc2cccs2)c2ccccc21. The fourth-order valence-corrected chi connectivity index (χ4v) is 3.28. The summed E-state index contributed by atoms with van der Waals surface area (Å²) in [6.45, 7) is 3.34. The lowest BCUT2D eigenvalue weighted by molar-refractivity contribution is -0.117. The molecule has 5 heteroatoms. The third-order valence-corrected chi connectivity index (χ3v) is 4.70. The number of aromatic nitrogens is 1. The van der Waals surface area contributed by atoms with Crippen LogP contribution in [0.3, 0.4) is 0 Å². The number of fused-ring (bicyclic) bond motifs is 1. The Hall–Kier alpha value is -2.84. The van der Waals surface area contributed by atoms with Gasteiger partial charge >= 0.3 is 0 Å². The van der Waals surface area contributed by atoms with Crippen LogP contribution in [0.1, 0.15) is 17.4 Å². The predicted molar refractivity (Wildman–Crippen MR) is 97.4 cm³/mol. The summed E-state index contributed by atoms with van der Waals surface area (Å²) >= 11 is 1.58. The van der Waals surface area contributed by atoms with Crippen LogP contribution in [0, 0.1) is 11.3 Å². The Labute approximate surface area is 144 Å². The van der Waals surface area contributed by atoms with Gasteiger partial charge in [0.1, 0.15) is 11.6 Å². The van der Waals surface area contributed by atoms with Gasteiger partial charge in [-0.25, -0.2) is 0 Å². The monoisotopic (exact) mass is 335 g/mol. The van der Waals surface area contributed by atoms with Gasteiger partial charge in [-0.2, -0.15) is 5.26 Å². The number of rotatable bonds is 5. The molecule has 0 bridgehead atoms. The molecule has 1 amide bonds. The van der Waals surface area contributed by atoms with Gasteiger partial charge in [0.15, 0.2) is 0 Å². The number of carbonyl (C=O) groups is 1. The fraction of sp³-hybridized carbons (Fsp3) is 0.158. The number of hydrogen-bond acceptors (Lipinski definition) is 3. The zero-order valence-corrected chi connectivity index (χ0v) is 14.1. The molecule has 0 fully saturated rings. The number of amides is 1. The van der Waals surface area contributed by atoms with Crippen molar-refractivity contribution in [1.82, 2.24) is 9.88 Å². The number of aryl methyl sites for hydroxylation is 1. The molecule has 3 rings (SSSR count). The lowest BCUT2D eigenvalue weighted by Gasteiger charge is -2.02. The number of nitriles is 1. The van der Waals surface area contributed by atoms with Crippen LogP contribution in [0.2, 0.25) is 0 Å². The first kappa shape index (κ1) is 16.0. The minimum atomic E-state index is -0.348. The van der Waals surface area contributed by atoms with Gasteiger partial charge in [-0.1, -0.05) is 24.3 Å². The molecule has 0 unspecified atom stereocenters. The highest BCUT2D eigenvalue weighted by molar-refractivity contribution is 7.09. The van der Waals surface area contributed by atoms with Crippen molar-refractivity contribution < 1.29 is 4.79 Å². The van der Waals surface area contributed by atoms with Gasteiger partial charge in [0.25, 0.3) is 5.91 Å². The molecule has 24 heavy (non-hydrogen) atoms. The van der Waals surface area contributed by atoms with Crippen molar-refractivity contribution in [3.8, 4) is 6.07 Å². The van der Waals surface area contributed by atoms with Crippen LogP contribution in [0.4, 0.5) is 0 Å². The summed E-state index contributed by atoms with van der Waals surface area (Å²) in [6, 6.07) is 13.9. The van der Waals surface area contributed by atoms with E-state index >= 15 is 0 Å². The number of para-hydroxylation sites is 1. The first-order valence-corrected chi connectivity index (χ1v) is 8.61. The number of thiophene rings is 1. The Balaban J connectivity index is 1.88. The third-order valence-electron chi connectivity index (χ3n) is 3.83. The Morgan fingerprint density at radius 3 is 2.88 bits per heavy atom. The number of nitrogens with one attached hydrogen (secondary N) is 1. The van der Waals surface area contributed by atoms with Gasteiger partial charge in [-0.05, 0) is 30.5 Å². The normalized spacial score (nSPS) is 11.4. The highest BCUT2D eigenvalue weighted by atomic mass is 32.1. The topological polar surface area (TPSA) is 57.8 Å². The molecule has 0 aliphatic carbocycles. The Kier molecular flexibility index (Phi) is 4.78. The molecule has 0 saturated heterocycles. The van der Waals surface area contributed by atoms with Crippen molar-refractivity contribution in [2.75, 3.05) is 0 Å². The van der Waals surface area contributed by atoms with Crippen molar-refractivity contribution >= 4 is 34.2 Å². The molecule has 0 aliphatic rings. The van der Waals surface area contributed by atoms with Crippen LogP contribution >= 0.6 is 11.3 Å². The van der Waals surface area contributed by atoms with Gasteiger partial charge in [-0.15, -0.1) is 11.3 Å². The van der Waals surface area contributed by atoms with Crippen molar-refractivity contribution in [2.45, 2.75) is 20.0 Å². The first-order valence-electron chi connectivity index (χ1n) is 7.73. The smallest absolute Gasteiger partial charge is 0.262 e. The van der Waals surface area contributed by atoms with E-state index in [-0.39, 0.29) is 11.5 Å². The molecule has 4 nitrogen and oxygen atoms in total. The number of hydrogen-bond donors (Lipinski definition) is 1. The minimum Gasteiger partial charge on any atom is -0.347 e. The maximum atomic E-state index is 12.3. The van der Waals surface area contributed by atoms with Crippen LogP contribution in [-0.4, -0.2) is 10.5 Å².